The molecule has 6 heteroatoms. The number of carbonyl (C=O) groups is 2. The van der Waals surface area contributed by atoms with Crippen LogP contribution in [0.5, 0.6) is 0 Å². The summed E-state index contributed by atoms with van der Waals surface area (Å²) in [4.78, 5) is 24.5. The van der Waals surface area contributed by atoms with E-state index in [0.29, 0.717) is 23.3 Å². The number of carbonyl (C=O) groups excluding carboxylic acids is 2. The monoisotopic (exact) mass is 530 g/mol. The normalized spacial score (nSPS) is 46.7. The van der Waals surface area contributed by atoms with Crippen LogP contribution in [0.2, 0.25) is 0 Å². The van der Waals surface area contributed by atoms with Crippen LogP contribution in [0.15, 0.2) is 30.3 Å². The molecule has 0 aromatic heterocycles. The Labute approximate surface area is 210 Å². The van der Waals surface area contributed by atoms with Gasteiger partial charge in [0.15, 0.2) is 0 Å². The largest absolute Gasteiger partial charge is 0.463 e. The molecule has 9 atom stereocenters. The highest BCUT2D eigenvalue weighted by Gasteiger charge is 2.72. The first kappa shape index (κ1) is 23.0. The van der Waals surface area contributed by atoms with Gasteiger partial charge in [0.1, 0.15) is 12.2 Å². The van der Waals surface area contributed by atoms with Gasteiger partial charge in [-0.15, -0.1) is 0 Å². The van der Waals surface area contributed by atoms with Crippen molar-refractivity contribution in [1.82, 2.24) is 0 Å². The fourth-order valence-corrected chi connectivity index (χ4v) is 10.2. The highest BCUT2D eigenvalue weighted by atomic mass is 79.9. The first-order chi connectivity index (χ1) is 16.3. The average Bonchev–Trinajstić information content (AvgIpc) is 3.21. The van der Waals surface area contributed by atoms with E-state index in [1.807, 2.05) is 30.3 Å². The Morgan fingerprint density at radius 1 is 1.03 bits per heavy atom. The number of alkyl halides is 1. The number of hydrogen-bond acceptors (Lipinski definition) is 5. The molecule has 1 aromatic rings. The first-order valence-electron chi connectivity index (χ1n) is 13.0. The lowest BCUT2D eigenvalue weighted by Crippen LogP contribution is -2.64. The Kier molecular flexibility index (Phi) is 5.46. The average molecular weight is 531 g/mol. The number of halogens is 1. The Morgan fingerprint density at radius 3 is 2.59 bits per heavy atom. The van der Waals surface area contributed by atoms with Gasteiger partial charge in [-0.2, -0.15) is 0 Å². The molecule has 0 N–H and O–H groups in total. The van der Waals surface area contributed by atoms with Crippen molar-refractivity contribution in [3.63, 3.8) is 0 Å². The van der Waals surface area contributed by atoms with E-state index in [4.69, 9.17) is 14.2 Å². The van der Waals surface area contributed by atoms with Crippen LogP contribution in [0.25, 0.3) is 0 Å². The van der Waals surface area contributed by atoms with Gasteiger partial charge in [0.2, 0.25) is 0 Å². The quantitative estimate of drug-likeness (QED) is 0.370. The minimum Gasteiger partial charge on any atom is -0.463 e. The van der Waals surface area contributed by atoms with Gasteiger partial charge in [-0.05, 0) is 74.8 Å². The SMILES string of the molecule is CC(=O)OC1CCC23COC(CC4C5CCC(OC(=O)c6ccccc6)C5(C)CCC42)[C@@]3(Br)C1. The summed E-state index contributed by atoms with van der Waals surface area (Å²) < 4.78 is 18.2. The number of fused-ring (bicyclic) bond motifs is 3. The second-order valence-corrected chi connectivity index (χ2v) is 13.2. The number of ether oxygens (including phenoxy) is 3. The van der Waals surface area contributed by atoms with Crippen LogP contribution in [0, 0.1) is 28.6 Å². The summed E-state index contributed by atoms with van der Waals surface area (Å²) in [7, 11) is 0. The van der Waals surface area contributed by atoms with E-state index in [9.17, 15) is 9.59 Å². The van der Waals surface area contributed by atoms with E-state index < -0.39 is 0 Å². The second-order valence-electron chi connectivity index (χ2n) is 11.8. The molecule has 6 rings (SSSR count). The third-order valence-corrected chi connectivity index (χ3v) is 12.1. The number of esters is 2. The zero-order chi connectivity index (χ0) is 23.7. The fraction of sp³-hybridized carbons (Fsp3) is 0.714. The van der Waals surface area contributed by atoms with E-state index >= 15 is 0 Å². The zero-order valence-electron chi connectivity index (χ0n) is 20.1. The minimum absolute atomic E-state index is 0.0161. The van der Waals surface area contributed by atoms with Gasteiger partial charge in [-0.1, -0.05) is 41.1 Å². The molecule has 5 nitrogen and oxygen atoms in total. The van der Waals surface area contributed by atoms with Crippen molar-refractivity contribution in [3.05, 3.63) is 35.9 Å². The van der Waals surface area contributed by atoms with Gasteiger partial charge in [-0.25, -0.2) is 4.79 Å². The van der Waals surface area contributed by atoms with Crippen LogP contribution in [0.3, 0.4) is 0 Å². The predicted molar refractivity (Wildman–Crippen MR) is 131 cm³/mol. The van der Waals surface area contributed by atoms with E-state index in [2.05, 4.69) is 22.9 Å². The molecule has 1 saturated heterocycles. The predicted octanol–water partition coefficient (Wildman–Crippen LogP) is 5.69. The number of hydrogen-bond donors (Lipinski definition) is 0. The Bertz CT molecular complexity index is 982. The maximum atomic E-state index is 12.9. The summed E-state index contributed by atoms with van der Waals surface area (Å²) in [6.45, 7) is 4.70. The van der Waals surface area contributed by atoms with Gasteiger partial charge in [0.25, 0.3) is 0 Å². The summed E-state index contributed by atoms with van der Waals surface area (Å²) in [6, 6.07) is 9.38. The molecule has 2 bridgehead atoms. The van der Waals surface area contributed by atoms with Crippen molar-refractivity contribution in [3.8, 4) is 0 Å². The first-order valence-corrected chi connectivity index (χ1v) is 13.8. The number of rotatable bonds is 3. The summed E-state index contributed by atoms with van der Waals surface area (Å²) in [5.74, 6) is 1.38. The molecule has 5 fully saturated rings. The highest BCUT2D eigenvalue weighted by Crippen LogP contribution is 2.72. The van der Waals surface area contributed by atoms with Crippen LogP contribution in [-0.4, -0.2) is 41.2 Å². The smallest absolute Gasteiger partial charge is 0.338 e. The maximum Gasteiger partial charge on any atom is 0.338 e. The molecule has 1 aromatic carbocycles. The Balaban J connectivity index is 1.23. The molecule has 1 aliphatic heterocycles. The maximum absolute atomic E-state index is 12.9. The van der Waals surface area contributed by atoms with E-state index in [1.54, 1.807) is 0 Å². The van der Waals surface area contributed by atoms with Gasteiger partial charge in [0.05, 0.1) is 22.6 Å². The molecule has 1 heterocycles. The van der Waals surface area contributed by atoms with Crippen molar-refractivity contribution in [1.29, 1.82) is 0 Å². The molecular weight excluding hydrogens is 496 g/mol. The molecule has 0 spiro atoms. The summed E-state index contributed by atoms with van der Waals surface area (Å²) >= 11 is 4.22. The van der Waals surface area contributed by atoms with Crippen molar-refractivity contribution in [2.24, 2.45) is 28.6 Å². The third kappa shape index (κ3) is 3.20. The molecule has 34 heavy (non-hydrogen) atoms. The Hall–Kier alpha value is -1.40. The van der Waals surface area contributed by atoms with Gasteiger partial charge in [-0.3, -0.25) is 4.79 Å². The molecular formula is C28H35BrO5. The summed E-state index contributed by atoms with van der Waals surface area (Å²) in [5, 5.41) is 0. The van der Waals surface area contributed by atoms with Gasteiger partial charge in [0, 0.05) is 24.2 Å². The lowest BCUT2D eigenvalue weighted by molar-refractivity contribution is -0.154. The van der Waals surface area contributed by atoms with Crippen LogP contribution in [-0.2, 0) is 19.0 Å². The summed E-state index contributed by atoms with van der Waals surface area (Å²) in [6.07, 6.45) is 8.30. The molecule has 0 radical (unpaired) electrons. The molecule has 4 aliphatic carbocycles. The van der Waals surface area contributed by atoms with E-state index in [-0.39, 0.29) is 45.4 Å². The molecule has 184 valence electrons. The highest BCUT2D eigenvalue weighted by molar-refractivity contribution is 9.10. The van der Waals surface area contributed by atoms with Gasteiger partial charge >= 0.3 is 11.9 Å². The molecule has 0 amide bonds. The second kappa shape index (κ2) is 8.06. The topological polar surface area (TPSA) is 61.8 Å². The van der Waals surface area contributed by atoms with Crippen LogP contribution < -0.4 is 0 Å². The van der Waals surface area contributed by atoms with E-state index in [0.717, 1.165) is 58.0 Å². The van der Waals surface area contributed by atoms with Crippen molar-refractivity contribution < 1.29 is 23.8 Å². The fourth-order valence-electron chi connectivity index (χ4n) is 8.95. The van der Waals surface area contributed by atoms with Crippen LogP contribution in [0.1, 0.15) is 75.6 Å². The minimum atomic E-state index is -0.191. The van der Waals surface area contributed by atoms with Crippen LogP contribution in [0.4, 0.5) is 0 Å². The molecule has 8 unspecified atom stereocenters. The van der Waals surface area contributed by atoms with Crippen molar-refractivity contribution in [2.75, 3.05) is 6.61 Å². The lowest BCUT2D eigenvalue weighted by atomic mass is 9.45. The van der Waals surface area contributed by atoms with Gasteiger partial charge < -0.3 is 14.2 Å². The number of benzene rings is 1. The molecule has 5 aliphatic rings. The van der Waals surface area contributed by atoms with E-state index in [1.165, 1.54) is 6.92 Å². The zero-order valence-corrected chi connectivity index (χ0v) is 21.7. The lowest BCUT2D eigenvalue weighted by Gasteiger charge is -2.62. The standard InChI is InChI=1S/C28H35BrO5/c1-17(30)33-19-10-13-27-16-32-24(28(27,29)15-19)14-20-21-8-9-23(26(21,2)12-11-22(20)27)34-25(31)18-6-4-3-5-7-18/h3-7,19-24H,8-16H2,1-2H3/t19?,20?,21?,22?,23?,24?,26?,27?,28-/m0/s1. The summed E-state index contributed by atoms with van der Waals surface area (Å²) in [5.41, 5.74) is 0.778. The third-order valence-electron chi connectivity index (χ3n) is 10.5. The Morgan fingerprint density at radius 2 is 1.82 bits per heavy atom. The van der Waals surface area contributed by atoms with Crippen molar-refractivity contribution >= 4 is 27.9 Å². The van der Waals surface area contributed by atoms with Crippen molar-refractivity contribution in [2.45, 2.75) is 87.9 Å². The molecule has 4 saturated carbocycles. The van der Waals surface area contributed by atoms with Crippen LogP contribution >= 0.6 is 15.9 Å².